The summed E-state index contributed by atoms with van der Waals surface area (Å²) in [5.41, 5.74) is 6.83. The standard InChI is InChI=1S/C22H21F3N6O3/c1-2-11-33-17-9-3-14(4-10-17)12-27-19-29-20(31-21(30-19)34-13-22(23,24)25)28-16-7-5-15(6-8-16)18(26)32/h2-10H,1,11-13H2,(H2,26,32)(H2,27,28,29,30,31). The number of carbonyl (C=O) groups is 1. The molecule has 1 amide bonds. The number of nitrogens with two attached hydrogens (primary N) is 1. The van der Waals surface area contributed by atoms with E-state index in [4.69, 9.17) is 15.2 Å². The molecule has 3 aromatic rings. The molecule has 1 heterocycles. The van der Waals surface area contributed by atoms with Gasteiger partial charge >= 0.3 is 12.2 Å². The maximum atomic E-state index is 12.6. The highest BCUT2D eigenvalue weighted by molar-refractivity contribution is 5.93. The van der Waals surface area contributed by atoms with Crippen LogP contribution in [0.1, 0.15) is 15.9 Å². The van der Waals surface area contributed by atoms with Crippen molar-refractivity contribution in [3.05, 3.63) is 72.3 Å². The second-order valence-corrected chi connectivity index (χ2v) is 6.83. The van der Waals surface area contributed by atoms with Crippen LogP contribution in [0.15, 0.2) is 61.2 Å². The largest absolute Gasteiger partial charge is 0.490 e. The number of benzene rings is 2. The van der Waals surface area contributed by atoms with E-state index in [2.05, 4.69) is 32.2 Å². The van der Waals surface area contributed by atoms with Gasteiger partial charge in [0, 0.05) is 17.8 Å². The number of hydrogen-bond donors (Lipinski definition) is 3. The van der Waals surface area contributed by atoms with Gasteiger partial charge < -0.3 is 25.8 Å². The summed E-state index contributed by atoms with van der Waals surface area (Å²) < 4.78 is 47.9. The minimum atomic E-state index is -4.56. The van der Waals surface area contributed by atoms with Crippen LogP contribution in [0, 0.1) is 0 Å². The Kier molecular flexibility index (Phi) is 7.85. The zero-order valence-corrected chi connectivity index (χ0v) is 17.8. The first-order chi connectivity index (χ1) is 16.2. The maximum Gasteiger partial charge on any atom is 0.422 e. The highest BCUT2D eigenvalue weighted by Gasteiger charge is 2.29. The highest BCUT2D eigenvalue weighted by Crippen LogP contribution is 2.21. The normalized spacial score (nSPS) is 10.9. The van der Waals surface area contributed by atoms with Crippen molar-refractivity contribution in [2.75, 3.05) is 23.8 Å². The number of aromatic nitrogens is 3. The molecule has 0 saturated carbocycles. The van der Waals surface area contributed by atoms with Gasteiger partial charge in [-0.15, -0.1) is 0 Å². The Balaban J connectivity index is 1.75. The van der Waals surface area contributed by atoms with Crippen molar-refractivity contribution < 1.29 is 27.4 Å². The number of primary amides is 1. The molecule has 1 aromatic heterocycles. The summed E-state index contributed by atoms with van der Waals surface area (Å²) in [6.07, 6.45) is -2.93. The van der Waals surface area contributed by atoms with Crippen LogP contribution in [0.25, 0.3) is 0 Å². The number of nitrogens with zero attached hydrogens (tertiary/aromatic N) is 3. The Morgan fingerprint density at radius 1 is 1.00 bits per heavy atom. The van der Waals surface area contributed by atoms with Crippen LogP contribution in [0.4, 0.5) is 30.8 Å². The number of halogens is 3. The lowest BCUT2D eigenvalue weighted by Gasteiger charge is -2.12. The summed E-state index contributed by atoms with van der Waals surface area (Å²) in [6, 6.07) is 12.7. The second-order valence-electron chi connectivity index (χ2n) is 6.83. The molecule has 9 nitrogen and oxygen atoms in total. The van der Waals surface area contributed by atoms with Gasteiger partial charge in [-0.1, -0.05) is 24.8 Å². The Morgan fingerprint density at radius 2 is 1.68 bits per heavy atom. The first kappa shape index (κ1) is 24.3. The third-order valence-electron chi connectivity index (χ3n) is 4.15. The third kappa shape index (κ3) is 7.65. The molecule has 0 fully saturated rings. The smallest absolute Gasteiger partial charge is 0.422 e. The van der Waals surface area contributed by atoms with Crippen LogP contribution in [0.2, 0.25) is 0 Å². The second kappa shape index (κ2) is 11.0. The molecule has 0 unspecified atom stereocenters. The minimum absolute atomic E-state index is 0.00425. The predicted molar refractivity (Wildman–Crippen MR) is 119 cm³/mol. The Bertz CT molecular complexity index is 1120. The maximum absolute atomic E-state index is 12.6. The summed E-state index contributed by atoms with van der Waals surface area (Å²) in [7, 11) is 0. The van der Waals surface area contributed by atoms with Gasteiger partial charge in [0.05, 0.1) is 0 Å². The summed E-state index contributed by atoms with van der Waals surface area (Å²) >= 11 is 0. The minimum Gasteiger partial charge on any atom is -0.490 e. The molecule has 3 rings (SSSR count). The fourth-order valence-corrected chi connectivity index (χ4v) is 2.59. The number of alkyl halides is 3. The number of carbonyl (C=O) groups excluding carboxylic acids is 1. The lowest BCUT2D eigenvalue weighted by atomic mass is 10.2. The van der Waals surface area contributed by atoms with Gasteiger partial charge in [-0.25, -0.2) is 0 Å². The molecule has 0 aliphatic carbocycles. The van der Waals surface area contributed by atoms with E-state index in [1.807, 2.05) is 12.1 Å². The Morgan fingerprint density at radius 3 is 2.29 bits per heavy atom. The summed E-state index contributed by atoms with van der Waals surface area (Å²) in [5.74, 6) is 0.00640. The van der Waals surface area contributed by atoms with E-state index in [1.165, 1.54) is 12.1 Å². The van der Waals surface area contributed by atoms with Gasteiger partial charge in [0.2, 0.25) is 17.8 Å². The molecule has 12 heteroatoms. The number of amides is 1. The van der Waals surface area contributed by atoms with Crippen LogP contribution in [-0.2, 0) is 6.54 Å². The molecule has 0 aliphatic rings. The van der Waals surface area contributed by atoms with Crippen LogP contribution >= 0.6 is 0 Å². The van der Waals surface area contributed by atoms with Crippen molar-refractivity contribution in [1.29, 1.82) is 0 Å². The van der Waals surface area contributed by atoms with Crippen LogP contribution in [0.5, 0.6) is 11.8 Å². The molecule has 2 aromatic carbocycles. The average molecular weight is 474 g/mol. The lowest BCUT2D eigenvalue weighted by molar-refractivity contribution is -0.154. The van der Waals surface area contributed by atoms with Gasteiger partial charge in [-0.3, -0.25) is 4.79 Å². The Labute approximate surface area is 192 Å². The van der Waals surface area contributed by atoms with Crippen LogP contribution < -0.4 is 25.8 Å². The van der Waals surface area contributed by atoms with E-state index in [1.54, 1.807) is 30.3 Å². The molecule has 4 N–H and O–H groups in total. The highest BCUT2D eigenvalue weighted by atomic mass is 19.4. The lowest BCUT2D eigenvalue weighted by Crippen LogP contribution is -2.21. The molecule has 0 radical (unpaired) electrons. The van der Waals surface area contributed by atoms with E-state index >= 15 is 0 Å². The molecule has 0 bridgehead atoms. The summed E-state index contributed by atoms with van der Waals surface area (Å²) in [6.45, 7) is 2.68. The molecule has 0 atom stereocenters. The molecule has 34 heavy (non-hydrogen) atoms. The first-order valence-electron chi connectivity index (χ1n) is 9.91. The van der Waals surface area contributed by atoms with E-state index in [9.17, 15) is 18.0 Å². The number of anilines is 3. The van der Waals surface area contributed by atoms with Crippen molar-refractivity contribution in [3.63, 3.8) is 0 Å². The molecule has 0 spiro atoms. The first-order valence-corrected chi connectivity index (χ1v) is 9.91. The van der Waals surface area contributed by atoms with Gasteiger partial charge in [0.25, 0.3) is 0 Å². The van der Waals surface area contributed by atoms with Crippen molar-refractivity contribution >= 4 is 23.5 Å². The predicted octanol–water partition coefficient (Wildman–Crippen LogP) is 3.83. The van der Waals surface area contributed by atoms with Crippen molar-refractivity contribution in [2.24, 2.45) is 5.73 Å². The number of ether oxygens (including phenoxy) is 2. The van der Waals surface area contributed by atoms with Crippen molar-refractivity contribution in [3.8, 4) is 11.8 Å². The van der Waals surface area contributed by atoms with Crippen molar-refractivity contribution in [2.45, 2.75) is 12.7 Å². The molecule has 0 aliphatic heterocycles. The fraction of sp³-hybridized carbons (Fsp3) is 0.182. The quantitative estimate of drug-likeness (QED) is 0.358. The van der Waals surface area contributed by atoms with Gasteiger partial charge in [-0.05, 0) is 42.0 Å². The summed E-state index contributed by atoms with van der Waals surface area (Å²) in [4.78, 5) is 23.1. The fourth-order valence-electron chi connectivity index (χ4n) is 2.59. The summed E-state index contributed by atoms with van der Waals surface area (Å²) in [5, 5.41) is 5.76. The number of rotatable bonds is 11. The van der Waals surface area contributed by atoms with Gasteiger partial charge in [-0.2, -0.15) is 28.1 Å². The zero-order chi connectivity index (χ0) is 24.6. The molecular weight excluding hydrogens is 453 g/mol. The number of hydrogen-bond acceptors (Lipinski definition) is 8. The van der Waals surface area contributed by atoms with E-state index < -0.39 is 24.7 Å². The monoisotopic (exact) mass is 474 g/mol. The van der Waals surface area contributed by atoms with E-state index in [0.29, 0.717) is 23.6 Å². The molecular formula is C22H21F3N6O3. The average Bonchev–Trinajstić information content (AvgIpc) is 2.80. The van der Waals surface area contributed by atoms with Gasteiger partial charge in [0.15, 0.2) is 6.61 Å². The van der Waals surface area contributed by atoms with Crippen molar-refractivity contribution in [1.82, 2.24) is 15.0 Å². The number of nitrogens with one attached hydrogen (secondary N) is 2. The topological polar surface area (TPSA) is 124 Å². The zero-order valence-electron chi connectivity index (χ0n) is 17.8. The Hall–Kier alpha value is -4.35. The van der Waals surface area contributed by atoms with E-state index in [-0.39, 0.29) is 18.4 Å². The van der Waals surface area contributed by atoms with Crippen LogP contribution in [0.3, 0.4) is 0 Å². The third-order valence-corrected chi connectivity index (χ3v) is 4.15. The van der Waals surface area contributed by atoms with Gasteiger partial charge in [0.1, 0.15) is 12.4 Å². The molecule has 0 saturated heterocycles. The van der Waals surface area contributed by atoms with E-state index in [0.717, 1.165) is 5.56 Å². The SMILES string of the molecule is C=CCOc1ccc(CNc2nc(Nc3ccc(C(N)=O)cc3)nc(OCC(F)(F)F)n2)cc1. The van der Waals surface area contributed by atoms with Crippen LogP contribution in [-0.4, -0.2) is 40.2 Å². The molecule has 178 valence electrons.